The van der Waals surface area contributed by atoms with Crippen LogP contribution in [0.15, 0.2) is 0 Å². The molecule has 0 spiro atoms. The van der Waals surface area contributed by atoms with Crippen molar-refractivity contribution in [1.29, 1.82) is 0 Å². The summed E-state index contributed by atoms with van der Waals surface area (Å²) in [5.74, 6) is 0.763. The molecular weight excluding hydrogens is 224 g/mol. The molecule has 1 aliphatic rings. The Labute approximate surface area is 104 Å². The first-order valence-electron chi connectivity index (χ1n) is 6.08. The fourth-order valence-electron chi connectivity index (χ4n) is 2.38. The Hall–Kier alpha value is -0.280. The number of carbonyl (C=O) groups excluding carboxylic acids is 1. The molecule has 16 heavy (non-hydrogen) atoms. The number of halogens is 1. The van der Waals surface area contributed by atoms with Gasteiger partial charge in [0.25, 0.3) is 0 Å². The lowest BCUT2D eigenvalue weighted by molar-refractivity contribution is -0.131. The molecule has 0 aromatic heterocycles. The molecule has 0 unspecified atom stereocenters. The van der Waals surface area contributed by atoms with E-state index in [4.69, 9.17) is 11.6 Å². The van der Waals surface area contributed by atoms with Crippen LogP contribution in [0.1, 0.15) is 26.7 Å². The minimum Gasteiger partial charge on any atom is -0.339 e. The number of nitrogens with zero attached hydrogens (tertiary/aromatic N) is 2. The number of piperidine rings is 1. The van der Waals surface area contributed by atoms with E-state index in [-0.39, 0.29) is 17.8 Å². The van der Waals surface area contributed by atoms with Crippen molar-refractivity contribution in [2.24, 2.45) is 5.92 Å². The van der Waals surface area contributed by atoms with Gasteiger partial charge in [0.15, 0.2) is 0 Å². The highest BCUT2D eigenvalue weighted by Crippen LogP contribution is 2.17. The Balaban J connectivity index is 2.50. The number of rotatable bonds is 4. The van der Waals surface area contributed by atoms with E-state index in [1.165, 1.54) is 19.4 Å². The van der Waals surface area contributed by atoms with Gasteiger partial charge in [-0.15, -0.1) is 11.6 Å². The van der Waals surface area contributed by atoms with Crippen LogP contribution >= 0.6 is 11.6 Å². The molecule has 0 aromatic carbocycles. The van der Waals surface area contributed by atoms with Crippen molar-refractivity contribution in [2.45, 2.75) is 32.7 Å². The lowest BCUT2D eigenvalue weighted by atomic mass is 9.97. The summed E-state index contributed by atoms with van der Waals surface area (Å²) in [6.07, 6.45) is 2.46. The van der Waals surface area contributed by atoms with Gasteiger partial charge < -0.3 is 9.80 Å². The number of likely N-dealkylation sites (tertiary alicyclic amines) is 1. The Morgan fingerprint density at radius 1 is 1.56 bits per heavy atom. The van der Waals surface area contributed by atoms with E-state index >= 15 is 0 Å². The second-order valence-electron chi connectivity index (χ2n) is 5.04. The normalized spacial score (nSPS) is 22.4. The molecule has 1 rings (SSSR count). The minimum atomic E-state index is 0.0601. The van der Waals surface area contributed by atoms with Crippen molar-refractivity contribution in [3.63, 3.8) is 0 Å². The lowest BCUT2D eigenvalue weighted by Crippen LogP contribution is -2.45. The third kappa shape index (κ3) is 3.95. The van der Waals surface area contributed by atoms with Crippen molar-refractivity contribution in [1.82, 2.24) is 9.80 Å². The molecule has 1 fully saturated rings. The fraction of sp³-hybridized carbons (Fsp3) is 0.917. The SMILES string of the molecule is CC(C)N(C[C@H]1CCCN(C)C1)C(=O)CCl. The molecule has 0 aliphatic carbocycles. The second kappa shape index (κ2) is 6.45. The fourth-order valence-corrected chi connectivity index (χ4v) is 2.53. The van der Waals surface area contributed by atoms with Gasteiger partial charge in [-0.3, -0.25) is 4.79 Å². The van der Waals surface area contributed by atoms with Crippen molar-refractivity contribution < 1.29 is 4.79 Å². The smallest absolute Gasteiger partial charge is 0.237 e. The molecule has 0 saturated carbocycles. The van der Waals surface area contributed by atoms with E-state index in [2.05, 4.69) is 25.8 Å². The van der Waals surface area contributed by atoms with Gasteiger partial charge >= 0.3 is 0 Å². The van der Waals surface area contributed by atoms with Gasteiger partial charge in [-0.2, -0.15) is 0 Å². The monoisotopic (exact) mass is 246 g/mol. The van der Waals surface area contributed by atoms with E-state index in [9.17, 15) is 4.79 Å². The first-order valence-corrected chi connectivity index (χ1v) is 6.62. The average molecular weight is 247 g/mol. The molecule has 1 amide bonds. The lowest BCUT2D eigenvalue weighted by Gasteiger charge is -2.35. The van der Waals surface area contributed by atoms with Crippen LogP contribution < -0.4 is 0 Å². The van der Waals surface area contributed by atoms with Crippen molar-refractivity contribution in [2.75, 3.05) is 32.6 Å². The van der Waals surface area contributed by atoms with E-state index in [0.717, 1.165) is 13.1 Å². The van der Waals surface area contributed by atoms with Gasteiger partial charge in [-0.05, 0) is 46.2 Å². The summed E-state index contributed by atoms with van der Waals surface area (Å²) in [4.78, 5) is 15.9. The number of carbonyl (C=O) groups is 1. The Morgan fingerprint density at radius 3 is 2.75 bits per heavy atom. The summed E-state index contributed by atoms with van der Waals surface area (Å²) in [7, 11) is 2.15. The maximum absolute atomic E-state index is 11.7. The Bertz CT molecular complexity index is 233. The predicted octanol–water partition coefficient (Wildman–Crippen LogP) is 1.80. The van der Waals surface area contributed by atoms with Crippen LogP contribution in [0, 0.1) is 5.92 Å². The zero-order valence-corrected chi connectivity index (χ0v) is 11.3. The highest BCUT2D eigenvalue weighted by atomic mass is 35.5. The van der Waals surface area contributed by atoms with Crippen molar-refractivity contribution in [3.8, 4) is 0 Å². The van der Waals surface area contributed by atoms with Crippen LogP contribution in [0.4, 0.5) is 0 Å². The number of alkyl halides is 1. The molecule has 1 heterocycles. The van der Waals surface area contributed by atoms with Crippen LogP contribution in [0.5, 0.6) is 0 Å². The first-order chi connectivity index (χ1) is 7.54. The highest BCUT2D eigenvalue weighted by molar-refractivity contribution is 6.27. The largest absolute Gasteiger partial charge is 0.339 e. The van der Waals surface area contributed by atoms with Crippen molar-refractivity contribution in [3.05, 3.63) is 0 Å². The van der Waals surface area contributed by atoms with Gasteiger partial charge in [0.1, 0.15) is 5.88 Å². The zero-order valence-electron chi connectivity index (χ0n) is 10.6. The van der Waals surface area contributed by atoms with Gasteiger partial charge in [-0.1, -0.05) is 0 Å². The summed E-state index contributed by atoms with van der Waals surface area (Å²) in [5, 5.41) is 0. The van der Waals surface area contributed by atoms with Gasteiger partial charge in [0.05, 0.1) is 0 Å². The molecule has 1 atom stereocenters. The summed E-state index contributed by atoms with van der Waals surface area (Å²) in [6.45, 7) is 7.24. The molecule has 1 aliphatic heterocycles. The van der Waals surface area contributed by atoms with Crippen LogP contribution in [0.3, 0.4) is 0 Å². The van der Waals surface area contributed by atoms with Crippen LogP contribution in [0.2, 0.25) is 0 Å². The molecule has 4 heteroatoms. The van der Waals surface area contributed by atoms with Crippen molar-refractivity contribution >= 4 is 17.5 Å². The van der Waals surface area contributed by atoms with Crippen LogP contribution in [-0.4, -0.2) is 54.3 Å². The summed E-state index contributed by atoms with van der Waals surface area (Å²) in [5.41, 5.74) is 0. The molecular formula is C12H23ClN2O. The zero-order chi connectivity index (χ0) is 12.1. The van der Waals surface area contributed by atoms with E-state index in [1.807, 2.05) is 4.90 Å². The standard InChI is InChI=1S/C12H23ClN2O/c1-10(2)15(12(16)7-13)9-11-5-4-6-14(3)8-11/h10-11H,4-9H2,1-3H3/t11-/m0/s1. The highest BCUT2D eigenvalue weighted by Gasteiger charge is 2.23. The summed E-state index contributed by atoms with van der Waals surface area (Å²) < 4.78 is 0. The van der Waals surface area contributed by atoms with Gasteiger partial charge in [0, 0.05) is 19.1 Å². The van der Waals surface area contributed by atoms with Crippen LogP contribution in [0.25, 0.3) is 0 Å². The second-order valence-corrected chi connectivity index (χ2v) is 5.31. The van der Waals surface area contributed by atoms with Gasteiger partial charge in [0.2, 0.25) is 5.91 Å². The Kier molecular flexibility index (Phi) is 5.56. The number of hydrogen-bond acceptors (Lipinski definition) is 2. The summed E-state index contributed by atoms with van der Waals surface area (Å²) >= 11 is 5.64. The molecule has 0 radical (unpaired) electrons. The topological polar surface area (TPSA) is 23.6 Å². The number of hydrogen-bond donors (Lipinski definition) is 0. The third-order valence-electron chi connectivity index (χ3n) is 3.23. The Morgan fingerprint density at radius 2 is 2.25 bits per heavy atom. The predicted molar refractivity (Wildman–Crippen MR) is 67.8 cm³/mol. The third-order valence-corrected chi connectivity index (χ3v) is 3.46. The number of amides is 1. The minimum absolute atomic E-state index is 0.0601. The van der Waals surface area contributed by atoms with Gasteiger partial charge in [-0.25, -0.2) is 0 Å². The molecule has 94 valence electrons. The molecule has 3 nitrogen and oxygen atoms in total. The van der Waals surface area contributed by atoms with E-state index in [0.29, 0.717) is 5.92 Å². The molecule has 0 aromatic rings. The maximum Gasteiger partial charge on any atom is 0.237 e. The molecule has 1 saturated heterocycles. The quantitative estimate of drug-likeness (QED) is 0.707. The molecule has 0 N–H and O–H groups in total. The first kappa shape index (κ1) is 13.8. The van der Waals surface area contributed by atoms with Crippen LogP contribution in [-0.2, 0) is 4.79 Å². The van der Waals surface area contributed by atoms with E-state index < -0.39 is 0 Å². The maximum atomic E-state index is 11.7. The molecule has 0 bridgehead atoms. The summed E-state index contributed by atoms with van der Waals surface area (Å²) in [6, 6.07) is 0.249. The average Bonchev–Trinajstić information content (AvgIpc) is 2.24. The van der Waals surface area contributed by atoms with E-state index in [1.54, 1.807) is 0 Å².